The van der Waals surface area contributed by atoms with Gasteiger partial charge in [-0.05, 0) is 38.1 Å². The molecule has 2 atom stereocenters. The minimum atomic E-state index is -0.755. The Labute approximate surface area is 236 Å². The third-order valence-corrected chi connectivity index (χ3v) is 7.08. The zero-order valence-corrected chi connectivity index (χ0v) is 22.7. The molecule has 0 aliphatic rings. The van der Waals surface area contributed by atoms with Gasteiger partial charge in [0.1, 0.15) is 29.0 Å². The fraction of sp³-hybridized carbons (Fsp3) is 0.179. The number of carbonyl (C=O) groups excluding carboxylic acids is 1. The highest BCUT2D eigenvalue weighted by atomic mass is 32.1. The molecule has 204 valence electrons. The topological polar surface area (TPSA) is 156 Å². The zero-order chi connectivity index (χ0) is 29.1. The lowest BCUT2D eigenvalue weighted by Gasteiger charge is -2.22. The molecule has 5 aromatic rings. The van der Waals surface area contributed by atoms with Crippen LogP contribution in [0.15, 0.2) is 48.8 Å². The maximum atomic E-state index is 15.0. The van der Waals surface area contributed by atoms with Gasteiger partial charge in [0.15, 0.2) is 11.6 Å². The molecule has 1 amide bonds. The van der Waals surface area contributed by atoms with E-state index in [1.54, 1.807) is 26.0 Å². The molecule has 41 heavy (non-hydrogen) atoms. The van der Waals surface area contributed by atoms with Crippen LogP contribution in [-0.2, 0) is 4.74 Å². The molecular weight excluding hydrogens is 549 g/mol. The van der Waals surface area contributed by atoms with Crippen molar-refractivity contribution in [3.63, 3.8) is 0 Å². The van der Waals surface area contributed by atoms with Crippen molar-refractivity contribution in [2.45, 2.75) is 26.1 Å². The summed E-state index contributed by atoms with van der Waals surface area (Å²) in [5.41, 5.74) is 2.91. The van der Waals surface area contributed by atoms with E-state index in [2.05, 4.69) is 31.3 Å². The number of thiazole rings is 1. The van der Waals surface area contributed by atoms with Crippen LogP contribution in [0.3, 0.4) is 0 Å². The lowest BCUT2D eigenvalue weighted by molar-refractivity contribution is 0.0402. The summed E-state index contributed by atoms with van der Waals surface area (Å²) in [4.78, 5) is 29.5. The molecule has 0 aliphatic heterocycles. The van der Waals surface area contributed by atoms with Crippen LogP contribution in [0.4, 0.5) is 14.9 Å². The molecule has 0 spiro atoms. The number of fused-ring (bicyclic) bond motifs is 2. The fourth-order valence-corrected chi connectivity index (χ4v) is 4.80. The Hall–Kier alpha value is -5.40. The Kier molecular flexibility index (Phi) is 7.54. The van der Waals surface area contributed by atoms with E-state index in [9.17, 15) is 10.1 Å². The number of carbonyl (C=O) groups is 1. The van der Waals surface area contributed by atoms with Crippen LogP contribution < -0.4 is 14.8 Å². The standard InChI is InChI=1S/C28H20FN7O4S/c1-14(15(2)40-28(37)34-18-5-4-17(11-31)32-12-18)39-23-9-24-21(8-20(23)29)36-27(41-24)19-6-16(10-30)7-22-26(19)33-13-25(35-22)38-3/h4-9,12-15H,1-3H3,(H,34,37)/t14-,15+/m0/s1. The van der Waals surface area contributed by atoms with E-state index in [1.807, 2.05) is 6.07 Å². The number of nitrogens with one attached hydrogen (secondary N) is 1. The summed E-state index contributed by atoms with van der Waals surface area (Å²) in [5, 5.41) is 21.4. The Morgan fingerprint density at radius 1 is 1.02 bits per heavy atom. The number of ether oxygens (including phenoxy) is 3. The Morgan fingerprint density at radius 3 is 2.56 bits per heavy atom. The minimum Gasteiger partial charge on any atom is -0.484 e. The highest BCUT2D eigenvalue weighted by Gasteiger charge is 2.22. The van der Waals surface area contributed by atoms with Crippen molar-refractivity contribution in [3.8, 4) is 34.3 Å². The van der Waals surface area contributed by atoms with E-state index in [1.165, 1.54) is 55.1 Å². The molecular formula is C28H20FN7O4S. The molecule has 2 aromatic carbocycles. The van der Waals surface area contributed by atoms with Crippen LogP contribution in [-0.4, -0.2) is 45.3 Å². The number of hydrogen-bond donors (Lipinski definition) is 1. The molecule has 0 saturated heterocycles. The molecule has 0 bridgehead atoms. The molecule has 0 radical (unpaired) electrons. The maximum Gasteiger partial charge on any atom is 0.412 e. The largest absolute Gasteiger partial charge is 0.484 e. The Balaban J connectivity index is 1.35. The summed E-state index contributed by atoms with van der Waals surface area (Å²) in [6.07, 6.45) is 0.601. The van der Waals surface area contributed by atoms with Gasteiger partial charge in [0.25, 0.3) is 0 Å². The summed E-state index contributed by atoms with van der Waals surface area (Å²) in [6, 6.07) is 13.1. The van der Waals surface area contributed by atoms with Gasteiger partial charge < -0.3 is 14.2 Å². The number of anilines is 1. The first-order chi connectivity index (χ1) is 19.8. The third-order valence-electron chi connectivity index (χ3n) is 6.03. The van der Waals surface area contributed by atoms with E-state index < -0.39 is 24.1 Å². The summed E-state index contributed by atoms with van der Waals surface area (Å²) in [6.45, 7) is 3.27. The van der Waals surface area contributed by atoms with E-state index in [4.69, 9.17) is 19.5 Å². The van der Waals surface area contributed by atoms with Crippen LogP contribution in [0, 0.1) is 28.5 Å². The third kappa shape index (κ3) is 5.80. The van der Waals surface area contributed by atoms with Crippen LogP contribution in [0.1, 0.15) is 25.1 Å². The number of halogens is 1. The number of benzene rings is 2. The van der Waals surface area contributed by atoms with Gasteiger partial charge in [0.05, 0.1) is 58.1 Å². The van der Waals surface area contributed by atoms with E-state index in [0.29, 0.717) is 49.0 Å². The van der Waals surface area contributed by atoms with Crippen molar-refractivity contribution in [2.24, 2.45) is 0 Å². The first kappa shape index (κ1) is 27.2. The van der Waals surface area contributed by atoms with Gasteiger partial charge in [-0.15, -0.1) is 11.3 Å². The summed E-state index contributed by atoms with van der Waals surface area (Å²) >= 11 is 1.28. The number of methoxy groups -OCH3 is 1. The molecule has 0 saturated carbocycles. The first-order valence-corrected chi connectivity index (χ1v) is 13.0. The number of hydrogen-bond acceptors (Lipinski definition) is 11. The highest BCUT2D eigenvalue weighted by molar-refractivity contribution is 7.21. The van der Waals surface area contributed by atoms with Crippen molar-refractivity contribution in [2.75, 3.05) is 12.4 Å². The molecule has 5 rings (SSSR count). The summed E-state index contributed by atoms with van der Waals surface area (Å²) in [5.74, 6) is -0.364. The molecule has 11 nitrogen and oxygen atoms in total. The number of nitrogens with zero attached hydrogens (tertiary/aromatic N) is 6. The van der Waals surface area contributed by atoms with Gasteiger partial charge in [0, 0.05) is 17.7 Å². The van der Waals surface area contributed by atoms with E-state index >= 15 is 4.39 Å². The number of rotatable bonds is 7. The normalized spacial score (nSPS) is 12.2. The lowest BCUT2D eigenvalue weighted by Crippen LogP contribution is -2.32. The van der Waals surface area contributed by atoms with Crippen LogP contribution in [0.25, 0.3) is 31.8 Å². The first-order valence-electron chi connectivity index (χ1n) is 12.1. The van der Waals surface area contributed by atoms with Gasteiger partial charge in [-0.3, -0.25) is 5.32 Å². The average molecular weight is 570 g/mol. The van der Waals surface area contributed by atoms with Crippen molar-refractivity contribution in [3.05, 3.63) is 65.9 Å². The zero-order valence-electron chi connectivity index (χ0n) is 21.9. The molecule has 1 N–H and O–H groups in total. The van der Waals surface area contributed by atoms with Gasteiger partial charge >= 0.3 is 6.09 Å². The summed E-state index contributed by atoms with van der Waals surface area (Å²) < 4.78 is 32.0. The Morgan fingerprint density at radius 2 is 1.85 bits per heavy atom. The lowest BCUT2D eigenvalue weighted by atomic mass is 10.1. The quantitative estimate of drug-likeness (QED) is 0.262. The molecule has 13 heteroatoms. The second-order valence-corrected chi connectivity index (χ2v) is 9.82. The van der Waals surface area contributed by atoms with Crippen molar-refractivity contribution >= 4 is 44.4 Å². The van der Waals surface area contributed by atoms with Gasteiger partial charge in [-0.1, -0.05) is 0 Å². The van der Waals surface area contributed by atoms with Crippen LogP contribution in [0.2, 0.25) is 0 Å². The van der Waals surface area contributed by atoms with Crippen LogP contribution in [0.5, 0.6) is 11.6 Å². The predicted molar refractivity (Wildman–Crippen MR) is 148 cm³/mol. The van der Waals surface area contributed by atoms with E-state index in [0.717, 1.165) is 0 Å². The number of pyridine rings is 1. The average Bonchev–Trinajstić information content (AvgIpc) is 3.38. The number of amides is 1. The second-order valence-electron chi connectivity index (χ2n) is 8.79. The molecule has 0 fully saturated rings. The smallest absolute Gasteiger partial charge is 0.412 e. The predicted octanol–water partition coefficient (Wildman–Crippen LogP) is 5.60. The Bertz CT molecular complexity index is 1860. The molecule has 0 aliphatic carbocycles. The molecule has 3 heterocycles. The number of aromatic nitrogens is 4. The second kappa shape index (κ2) is 11.4. The van der Waals surface area contributed by atoms with Gasteiger partial charge in [-0.25, -0.2) is 29.1 Å². The van der Waals surface area contributed by atoms with Gasteiger partial charge in [0.2, 0.25) is 5.88 Å². The van der Waals surface area contributed by atoms with Crippen molar-refractivity contribution in [1.82, 2.24) is 19.9 Å². The molecule has 0 unspecified atom stereocenters. The summed E-state index contributed by atoms with van der Waals surface area (Å²) in [7, 11) is 1.48. The van der Waals surface area contributed by atoms with Crippen LogP contribution >= 0.6 is 11.3 Å². The van der Waals surface area contributed by atoms with E-state index in [-0.39, 0.29) is 11.4 Å². The maximum absolute atomic E-state index is 15.0. The van der Waals surface area contributed by atoms with Crippen molar-refractivity contribution < 1.29 is 23.4 Å². The minimum absolute atomic E-state index is 0.0347. The SMILES string of the molecule is COc1cnc2c(-c3nc4cc(F)c(O[C@@H](C)[C@@H](C)OC(=O)Nc5ccc(C#N)nc5)cc4s3)cc(C#N)cc2n1. The number of nitriles is 2. The monoisotopic (exact) mass is 569 g/mol. The fourth-order valence-electron chi connectivity index (χ4n) is 3.81. The molecule has 3 aromatic heterocycles. The highest BCUT2D eigenvalue weighted by Crippen LogP contribution is 2.37. The van der Waals surface area contributed by atoms with Gasteiger partial charge in [-0.2, -0.15) is 10.5 Å². The van der Waals surface area contributed by atoms with Crippen molar-refractivity contribution in [1.29, 1.82) is 10.5 Å².